The summed E-state index contributed by atoms with van der Waals surface area (Å²) in [5.41, 5.74) is 6.13. The first-order valence-corrected chi connectivity index (χ1v) is 16.2. The minimum Gasteiger partial charge on any atom is -0.480 e. The molecule has 0 bridgehead atoms. The number of benzene rings is 3. The summed E-state index contributed by atoms with van der Waals surface area (Å²) >= 11 is 0. The molecule has 3 aromatic rings. The van der Waals surface area contributed by atoms with Gasteiger partial charge in [0.15, 0.2) is 0 Å². The lowest BCUT2D eigenvalue weighted by molar-refractivity contribution is -0.148. The molecule has 4 N–H and O–H groups in total. The van der Waals surface area contributed by atoms with Gasteiger partial charge in [-0.25, -0.2) is 9.59 Å². The molecule has 0 aliphatic heterocycles. The number of nitrogens with one attached hydrogen (secondary N) is 3. The van der Waals surface area contributed by atoms with Crippen LogP contribution >= 0.6 is 0 Å². The zero-order valence-electron chi connectivity index (χ0n) is 28.6. The number of carboxylic acids is 1. The third-order valence-corrected chi connectivity index (χ3v) is 9.53. The molecular weight excluding hydrogens is 576 g/mol. The van der Waals surface area contributed by atoms with Crippen LogP contribution in [0.4, 0.5) is 16.2 Å². The maximum absolute atomic E-state index is 14.0. The van der Waals surface area contributed by atoms with Crippen LogP contribution in [0.3, 0.4) is 0 Å². The van der Waals surface area contributed by atoms with Gasteiger partial charge in [-0.2, -0.15) is 0 Å². The fraction of sp³-hybridized carbons (Fsp3) is 0.447. The molecule has 8 nitrogen and oxygen atoms in total. The maximum atomic E-state index is 14.0. The van der Waals surface area contributed by atoms with Gasteiger partial charge in [-0.1, -0.05) is 88.1 Å². The number of nitrogens with zero attached hydrogens (tertiary/aromatic N) is 1. The Morgan fingerprint density at radius 2 is 1.43 bits per heavy atom. The largest absolute Gasteiger partial charge is 0.480 e. The van der Waals surface area contributed by atoms with Crippen molar-refractivity contribution in [2.24, 2.45) is 10.8 Å². The van der Waals surface area contributed by atoms with Gasteiger partial charge < -0.3 is 26.0 Å². The highest BCUT2D eigenvalue weighted by atomic mass is 16.4. The Bertz CT molecular complexity index is 1560. The van der Waals surface area contributed by atoms with Gasteiger partial charge in [-0.3, -0.25) is 4.79 Å². The molecular formula is C38H50N4O4. The lowest BCUT2D eigenvalue weighted by Crippen LogP contribution is -2.58. The van der Waals surface area contributed by atoms with Crippen LogP contribution in [0.25, 0.3) is 11.1 Å². The van der Waals surface area contributed by atoms with E-state index in [4.69, 9.17) is 0 Å². The molecule has 0 spiro atoms. The molecule has 8 heteroatoms. The van der Waals surface area contributed by atoms with Gasteiger partial charge in [-0.15, -0.1) is 0 Å². The molecule has 1 fully saturated rings. The van der Waals surface area contributed by atoms with E-state index in [1.807, 2.05) is 65.2 Å². The number of hydrogen-bond donors (Lipinski definition) is 4. The van der Waals surface area contributed by atoms with E-state index in [0.717, 1.165) is 66.5 Å². The van der Waals surface area contributed by atoms with Gasteiger partial charge in [0, 0.05) is 17.6 Å². The Morgan fingerprint density at radius 1 is 0.848 bits per heavy atom. The number of hydrogen-bond acceptors (Lipinski definition) is 4. The molecule has 4 rings (SSSR count). The molecule has 3 amide bonds. The van der Waals surface area contributed by atoms with Gasteiger partial charge >= 0.3 is 12.0 Å². The molecule has 1 atom stereocenters. The minimum atomic E-state index is -1.08. The predicted molar refractivity (Wildman–Crippen MR) is 186 cm³/mol. The van der Waals surface area contributed by atoms with E-state index < -0.39 is 29.4 Å². The summed E-state index contributed by atoms with van der Waals surface area (Å²) < 4.78 is 0. The van der Waals surface area contributed by atoms with Crippen LogP contribution in [-0.4, -0.2) is 48.1 Å². The van der Waals surface area contributed by atoms with Crippen LogP contribution in [0.2, 0.25) is 0 Å². The molecule has 246 valence electrons. The van der Waals surface area contributed by atoms with Gasteiger partial charge in [0.2, 0.25) is 0 Å². The van der Waals surface area contributed by atoms with Crippen molar-refractivity contribution in [3.8, 4) is 11.1 Å². The molecule has 1 aliphatic rings. The number of carbonyl (C=O) groups is 3. The van der Waals surface area contributed by atoms with E-state index in [0.29, 0.717) is 11.4 Å². The average Bonchev–Trinajstić information content (AvgIpc) is 2.97. The quantitative estimate of drug-likeness (QED) is 0.192. The summed E-state index contributed by atoms with van der Waals surface area (Å²) in [6, 6.07) is 15.9. The lowest BCUT2D eigenvalue weighted by Gasteiger charge is -2.51. The van der Waals surface area contributed by atoms with Gasteiger partial charge in [-0.05, 0) is 93.1 Å². The van der Waals surface area contributed by atoms with Crippen LogP contribution in [0.1, 0.15) is 85.5 Å². The monoisotopic (exact) mass is 626 g/mol. The van der Waals surface area contributed by atoms with Crippen LogP contribution in [0, 0.1) is 31.6 Å². The number of carbonyl (C=O) groups excluding carboxylic acids is 2. The highest BCUT2D eigenvalue weighted by molar-refractivity contribution is 6.08. The zero-order chi connectivity index (χ0) is 33.8. The van der Waals surface area contributed by atoms with Crippen molar-refractivity contribution in [1.82, 2.24) is 10.2 Å². The molecule has 1 aliphatic carbocycles. The van der Waals surface area contributed by atoms with Crippen molar-refractivity contribution >= 4 is 29.3 Å². The molecule has 0 radical (unpaired) electrons. The molecule has 0 heterocycles. The van der Waals surface area contributed by atoms with E-state index >= 15 is 0 Å². The van der Waals surface area contributed by atoms with E-state index in [1.54, 1.807) is 12.1 Å². The van der Waals surface area contributed by atoms with Crippen molar-refractivity contribution in [2.45, 2.75) is 86.2 Å². The smallest absolute Gasteiger partial charge is 0.326 e. The molecule has 0 unspecified atom stereocenters. The Labute approximate surface area is 274 Å². The van der Waals surface area contributed by atoms with Crippen molar-refractivity contribution in [2.75, 3.05) is 24.7 Å². The highest BCUT2D eigenvalue weighted by Gasteiger charge is 2.52. The van der Waals surface area contributed by atoms with Crippen LogP contribution < -0.4 is 16.0 Å². The molecule has 0 saturated heterocycles. The highest BCUT2D eigenvalue weighted by Crippen LogP contribution is 2.52. The van der Waals surface area contributed by atoms with Crippen LogP contribution in [0.5, 0.6) is 0 Å². The van der Waals surface area contributed by atoms with Crippen molar-refractivity contribution < 1.29 is 19.5 Å². The standard InChI is InChI=1S/C38H50N4O4/c1-24-20-25(2)32(26(3)21-24)40-36(46)39-31-22-29(28-14-12-27(13-15-28)23-42(7)8)16-17-30(31)34(43)41-33(35(44)45)38(37(4,5)6)18-10-9-11-19-38/h12-17,20-22,33H,9-11,18-19,23H2,1-8H3,(H,41,43)(H,44,45)(H2,39,40,46)/t33-/m1/s1. The summed E-state index contributed by atoms with van der Waals surface area (Å²) in [5.74, 6) is -1.58. The predicted octanol–water partition coefficient (Wildman–Crippen LogP) is 8.16. The topological polar surface area (TPSA) is 111 Å². The van der Waals surface area contributed by atoms with Crippen LogP contribution in [-0.2, 0) is 11.3 Å². The summed E-state index contributed by atoms with van der Waals surface area (Å²) in [5, 5.41) is 19.3. The normalized spacial score (nSPS) is 15.2. The Balaban J connectivity index is 1.71. The van der Waals surface area contributed by atoms with Gasteiger partial charge in [0.1, 0.15) is 6.04 Å². The number of carboxylic acid groups (broad SMARTS) is 1. The second-order valence-electron chi connectivity index (χ2n) is 14.3. The molecule has 3 aromatic carbocycles. The number of rotatable bonds is 9. The lowest BCUT2D eigenvalue weighted by atomic mass is 9.55. The van der Waals surface area contributed by atoms with E-state index in [2.05, 4.69) is 53.8 Å². The first-order chi connectivity index (χ1) is 21.6. The van der Waals surface area contributed by atoms with Crippen molar-refractivity contribution in [3.63, 3.8) is 0 Å². The third kappa shape index (κ3) is 7.79. The molecule has 46 heavy (non-hydrogen) atoms. The second-order valence-corrected chi connectivity index (χ2v) is 14.3. The first-order valence-electron chi connectivity index (χ1n) is 16.2. The third-order valence-electron chi connectivity index (χ3n) is 9.53. The minimum absolute atomic E-state index is 0.201. The average molecular weight is 627 g/mol. The van der Waals surface area contributed by atoms with Crippen LogP contribution in [0.15, 0.2) is 54.6 Å². The number of urea groups is 1. The maximum Gasteiger partial charge on any atom is 0.326 e. The summed E-state index contributed by atoms with van der Waals surface area (Å²) in [6.07, 6.45) is 4.34. The van der Waals surface area contributed by atoms with E-state index in [1.165, 1.54) is 5.56 Å². The number of aryl methyl sites for hydroxylation is 3. The summed E-state index contributed by atoms with van der Waals surface area (Å²) in [4.78, 5) is 42.4. The second kappa shape index (κ2) is 14.1. The number of anilines is 2. The summed E-state index contributed by atoms with van der Waals surface area (Å²) in [6.45, 7) is 12.9. The fourth-order valence-electron chi connectivity index (χ4n) is 7.14. The zero-order valence-corrected chi connectivity index (χ0v) is 28.6. The molecule has 1 saturated carbocycles. The van der Waals surface area contributed by atoms with E-state index in [-0.39, 0.29) is 11.0 Å². The van der Waals surface area contributed by atoms with E-state index in [9.17, 15) is 19.5 Å². The Kier molecular flexibility index (Phi) is 10.6. The van der Waals surface area contributed by atoms with Crippen molar-refractivity contribution in [1.29, 1.82) is 0 Å². The van der Waals surface area contributed by atoms with Gasteiger partial charge in [0.25, 0.3) is 5.91 Å². The number of aliphatic carboxylic acids is 1. The Morgan fingerprint density at radius 3 is 1.98 bits per heavy atom. The Hall–Kier alpha value is -4.17. The molecule has 0 aromatic heterocycles. The first kappa shape index (κ1) is 34.7. The number of amides is 3. The fourth-order valence-corrected chi connectivity index (χ4v) is 7.14. The van der Waals surface area contributed by atoms with Crippen molar-refractivity contribution in [3.05, 3.63) is 82.4 Å². The van der Waals surface area contributed by atoms with Gasteiger partial charge in [0.05, 0.1) is 11.3 Å². The SMILES string of the molecule is Cc1cc(C)c(NC(=O)Nc2cc(-c3ccc(CN(C)C)cc3)ccc2C(=O)N[C@H](C(=O)O)C2(C(C)(C)C)CCCCC2)c(C)c1. The summed E-state index contributed by atoms with van der Waals surface area (Å²) in [7, 11) is 4.04.